The van der Waals surface area contributed by atoms with Crippen LogP contribution in [0.3, 0.4) is 0 Å². The van der Waals surface area contributed by atoms with Crippen LogP contribution in [-0.4, -0.2) is 24.7 Å². The number of carbonyl (C=O) groups is 1. The summed E-state index contributed by atoms with van der Waals surface area (Å²) in [6, 6.07) is 3.92. The molecule has 0 aliphatic rings. The van der Waals surface area contributed by atoms with E-state index in [1.54, 1.807) is 7.05 Å². The Morgan fingerprint density at radius 3 is 2.88 bits per heavy atom. The van der Waals surface area contributed by atoms with Crippen LogP contribution in [0.5, 0.6) is 5.75 Å². The van der Waals surface area contributed by atoms with E-state index in [0.29, 0.717) is 11.3 Å². The van der Waals surface area contributed by atoms with Crippen LogP contribution in [0.1, 0.15) is 25.0 Å². The molecule has 0 aliphatic heterocycles. The Kier molecular flexibility index (Phi) is 4.90. The van der Waals surface area contributed by atoms with Crippen LogP contribution in [0.25, 0.3) is 0 Å². The third-order valence-corrected chi connectivity index (χ3v) is 2.29. The molecule has 0 aromatic heterocycles. The fourth-order valence-corrected chi connectivity index (χ4v) is 1.36. The third kappa shape index (κ3) is 4.03. The second-order valence-electron chi connectivity index (χ2n) is 3.63. The van der Waals surface area contributed by atoms with Crippen molar-refractivity contribution < 1.29 is 19.0 Å². The van der Waals surface area contributed by atoms with Crippen LogP contribution in [0.15, 0.2) is 18.2 Å². The van der Waals surface area contributed by atoms with Crippen molar-refractivity contribution in [2.24, 2.45) is 0 Å². The summed E-state index contributed by atoms with van der Waals surface area (Å²) in [6.07, 6.45) is -0.603. The Hall–Kier alpha value is -1.62. The lowest BCUT2D eigenvalue weighted by Crippen LogP contribution is -2.20. The monoisotopic (exact) mass is 241 g/mol. The van der Waals surface area contributed by atoms with Gasteiger partial charge in [0.05, 0.1) is 19.1 Å². The average molecular weight is 241 g/mol. The molecule has 0 radical (unpaired) electrons. The van der Waals surface area contributed by atoms with Gasteiger partial charge in [0.15, 0.2) is 0 Å². The van der Waals surface area contributed by atoms with Gasteiger partial charge < -0.3 is 15.2 Å². The topological polar surface area (TPSA) is 58.6 Å². The zero-order valence-electron chi connectivity index (χ0n) is 9.87. The Morgan fingerprint density at radius 2 is 2.29 bits per heavy atom. The van der Waals surface area contributed by atoms with Crippen molar-refractivity contribution in [2.75, 3.05) is 13.7 Å². The first-order chi connectivity index (χ1) is 8.04. The number of hydrogen-bond donors (Lipinski definition) is 2. The van der Waals surface area contributed by atoms with Crippen molar-refractivity contribution >= 4 is 5.91 Å². The van der Waals surface area contributed by atoms with E-state index in [1.165, 1.54) is 25.1 Å². The summed E-state index contributed by atoms with van der Waals surface area (Å²) in [5, 5.41) is 11.9. The Bertz CT molecular complexity index is 393. The van der Waals surface area contributed by atoms with E-state index in [0.717, 1.165) is 0 Å². The molecule has 0 spiro atoms. The van der Waals surface area contributed by atoms with Gasteiger partial charge in [-0.15, -0.1) is 0 Å². The van der Waals surface area contributed by atoms with E-state index in [1.807, 2.05) is 0 Å². The summed E-state index contributed by atoms with van der Waals surface area (Å²) in [6.45, 7) is 1.71. The molecule has 17 heavy (non-hydrogen) atoms. The molecular weight excluding hydrogens is 225 g/mol. The number of aliphatic hydroxyl groups excluding tert-OH is 1. The highest BCUT2D eigenvalue weighted by Gasteiger charge is 2.10. The van der Waals surface area contributed by atoms with Gasteiger partial charge in [-0.05, 0) is 25.1 Å². The summed E-state index contributed by atoms with van der Waals surface area (Å²) in [7, 11) is 1.54. The first kappa shape index (κ1) is 13.4. The van der Waals surface area contributed by atoms with Crippen molar-refractivity contribution in [3.63, 3.8) is 0 Å². The molecule has 1 unspecified atom stereocenters. The molecule has 4 nitrogen and oxygen atoms in total. The van der Waals surface area contributed by atoms with Crippen molar-refractivity contribution in [2.45, 2.75) is 19.4 Å². The predicted molar refractivity (Wildman–Crippen MR) is 61.2 cm³/mol. The molecule has 0 saturated heterocycles. The average Bonchev–Trinajstić information content (AvgIpc) is 2.30. The normalized spacial score (nSPS) is 12.0. The molecule has 94 valence electrons. The van der Waals surface area contributed by atoms with Crippen LogP contribution in [0, 0.1) is 5.82 Å². The Balaban J connectivity index is 2.67. The van der Waals surface area contributed by atoms with Crippen LogP contribution in [0.4, 0.5) is 4.39 Å². The van der Waals surface area contributed by atoms with Crippen molar-refractivity contribution in [3.8, 4) is 5.75 Å². The van der Waals surface area contributed by atoms with E-state index >= 15 is 0 Å². The van der Waals surface area contributed by atoms with Gasteiger partial charge in [0, 0.05) is 12.6 Å². The van der Waals surface area contributed by atoms with Gasteiger partial charge >= 0.3 is 0 Å². The maximum absolute atomic E-state index is 13.0. The van der Waals surface area contributed by atoms with E-state index in [-0.39, 0.29) is 18.9 Å². The fraction of sp³-hybridized carbons (Fsp3) is 0.417. The maximum Gasteiger partial charge on any atom is 0.223 e. The lowest BCUT2D eigenvalue weighted by molar-refractivity contribution is -0.121. The van der Waals surface area contributed by atoms with Crippen LogP contribution < -0.4 is 10.1 Å². The second kappa shape index (κ2) is 6.20. The lowest BCUT2D eigenvalue weighted by Gasteiger charge is -2.13. The third-order valence-electron chi connectivity index (χ3n) is 2.29. The van der Waals surface area contributed by atoms with Crippen LogP contribution in [-0.2, 0) is 4.79 Å². The van der Waals surface area contributed by atoms with E-state index in [4.69, 9.17) is 4.74 Å². The van der Waals surface area contributed by atoms with Gasteiger partial charge in [-0.1, -0.05) is 0 Å². The molecule has 1 amide bonds. The van der Waals surface area contributed by atoms with Crippen molar-refractivity contribution in [1.82, 2.24) is 5.32 Å². The van der Waals surface area contributed by atoms with E-state index in [9.17, 15) is 14.3 Å². The quantitative estimate of drug-likeness (QED) is 0.819. The summed E-state index contributed by atoms with van der Waals surface area (Å²) in [5.74, 6) is -0.171. The highest BCUT2D eigenvalue weighted by molar-refractivity contribution is 5.75. The number of ether oxygens (including phenoxy) is 1. The Morgan fingerprint density at radius 1 is 1.59 bits per heavy atom. The number of rotatable bonds is 5. The van der Waals surface area contributed by atoms with Crippen molar-refractivity contribution in [1.29, 1.82) is 0 Å². The summed E-state index contributed by atoms with van der Waals surface area (Å²) >= 11 is 0. The number of hydrogen-bond acceptors (Lipinski definition) is 3. The van der Waals surface area contributed by atoms with Crippen molar-refractivity contribution in [3.05, 3.63) is 29.6 Å². The summed E-state index contributed by atoms with van der Waals surface area (Å²) in [5.41, 5.74) is 0.377. The molecule has 1 atom stereocenters. The molecule has 0 heterocycles. The minimum Gasteiger partial charge on any atom is -0.493 e. The maximum atomic E-state index is 13.0. The summed E-state index contributed by atoms with van der Waals surface area (Å²) < 4.78 is 18.3. The van der Waals surface area contributed by atoms with Gasteiger partial charge in [0.1, 0.15) is 11.6 Å². The predicted octanol–water partition coefficient (Wildman–Crippen LogP) is 1.39. The number of halogens is 1. The minimum atomic E-state index is -0.819. The largest absolute Gasteiger partial charge is 0.493 e. The van der Waals surface area contributed by atoms with Gasteiger partial charge in [0.25, 0.3) is 0 Å². The minimum absolute atomic E-state index is 0.134. The van der Waals surface area contributed by atoms with Crippen LogP contribution >= 0.6 is 0 Å². The molecule has 1 aromatic rings. The smallest absolute Gasteiger partial charge is 0.223 e. The molecule has 1 aromatic carbocycles. The Labute approximate surface area is 99.4 Å². The molecule has 5 heteroatoms. The number of amides is 1. The van der Waals surface area contributed by atoms with E-state index in [2.05, 4.69) is 5.32 Å². The zero-order chi connectivity index (χ0) is 12.8. The van der Waals surface area contributed by atoms with Crippen LogP contribution in [0.2, 0.25) is 0 Å². The van der Waals surface area contributed by atoms with Gasteiger partial charge in [-0.25, -0.2) is 4.39 Å². The first-order valence-corrected chi connectivity index (χ1v) is 5.35. The molecule has 0 aliphatic carbocycles. The lowest BCUT2D eigenvalue weighted by atomic mass is 10.1. The second-order valence-corrected chi connectivity index (χ2v) is 3.63. The molecule has 2 N–H and O–H groups in total. The first-order valence-electron chi connectivity index (χ1n) is 5.35. The molecule has 1 rings (SSSR count). The SMILES string of the molecule is CNC(=O)CCOc1ccc(F)cc1C(C)O. The number of benzene rings is 1. The highest BCUT2D eigenvalue weighted by Crippen LogP contribution is 2.25. The summed E-state index contributed by atoms with van der Waals surface area (Å²) in [4.78, 5) is 11.0. The highest BCUT2D eigenvalue weighted by atomic mass is 19.1. The van der Waals surface area contributed by atoms with Gasteiger partial charge in [-0.3, -0.25) is 4.79 Å². The fourth-order valence-electron chi connectivity index (χ4n) is 1.36. The van der Waals surface area contributed by atoms with E-state index < -0.39 is 11.9 Å². The number of aliphatic hydroxyl groups is 1. The molecular formula is C12H16FNO3. The zero-order valence-corrected chi connectivity index (χ0v) is 9.87. The number of nitrogens with one attached hydrogen (secondary N) is 1. The molecule has 0 saturated carbocycles. The van der Waals surface area contributed by atoms with Gasteiger partial charge in [0.2, 0.25) is 5.91 Å². The number of carbonyl (C=O) groups excluding carboxylic acids is 1. The van der Waals surface area contributed by atoms with Gasteiger partial charge in [-0.2, -0.15) is 0 Å². The molecule has 0 fully saturated rings. The standard InChI is InChI=1S/C12H16FNO3/c1-8(15)10-7-9(13)3-4-11(10)17-6-5-12(16)14-2/h3-4,7-8,15H,5-6H2,1-2H3,(H,14,16). The molecule has 0 bridgehead atoms.